The van der Waals surface area contributed by atoms with Gasteiger partial charge in [-0.25, -0.2) is 9.37 Å². The van der Waals surface area contributed by atoms with E-state index in [1.54, 1.807) is 24.4 Å². The molecule has 0 saturated carbocycles. The van der Waals surface area contributed by atoms with Crippen LogP contribution in [0.5, 0.6) is 11.6 Å². The molecule has 2 heterocycles. The van der Waals surface area contributed by atoms with E-state index < -0.39 is 35.3 Å². The Morgan fingerprint density at radius 3 is 2.85 bits per heavy atom. The maximum Gasteiger partial charge on any atom is 0.254 e. The molecule has 0 bridgehead atoms. The molecule has 1 aliphatic heterocycles. The standard InChI is InChI=1S/C18H18F2N2O4/c1-24-13-6-5-11(16(19)17(13)20)18(23)22-12-7-9-25-10-14(12)26-15-4-2-3-8-21-15/h2-6,8,12,14H,7,9-10H2,1H3,(H,22,23)/t12-,14-/m1/s1. The summed E-state index contributed by atoms with van der Waals surface area (Å²) >= 11 is 0. The minimum Gasteiger partial charge on any atom is -0.494 e. The molecule has 26 heavy (non-hydrogen) atoms. The highest BCUT2D eigenvalue weighted by Gasteiger charge is 2.30. The van der Waals surface area contributed by atoms with Gasteiger partial charge in [-0.1, -0.05) is 6.07 Å². The average molecular weight is 364 g/mol. The van der Waals surface area contributed by atoms with Gasteiger partial charge < -0.3 is 19.5 Å². The van der Waals surface area contributed by atoms with Crippen molar-refractivity contribution < 1.29 is 27.8 Å². The Labute approximate surface area is 149 Å². The number of hydrogen-bond donors (Lipinski definition) is 1. The number of pyridine rings is 1. The lowest BCUT2D eigenvalue weighted by Crippen LogP contribution is -2.51. The lowest BCUT2D eigenvalue weighted by molar-refractivity contribution is -0.0153. The Balaban J connectivity index is 1.73. The van der Waals surface area contributed by atoms with Gasteiger partial charge in [-0.3, -0.25) is 4.79 Å². The number of methoxy groups -OCH3 is 1. The fourth-order valence-corrected chi connectivity index (χ4v) is 2.68. The van der Waals surface area contributed by atoms with Crippen molar-refractivity contribution in [1.29, 1.82) is 0 Å². The van der Waals surface area contributed by atoms with Crippen LogP contribution in [0.15, 0.2) is 36.5 Å². The molecule has 1 fully saturated rings. The summed E-state index contributed by atoms with van der Waals surface area (Å²) in [6.45, 7) is 0.674. The molecule has 1 aromatic carbocycles. The number of nitrogens with one attached hydrogen (secondary N) is 1. The number of hydrogen-bond acceptors (Lipinski definition) is 5. The second kappa shape index (κ2) is 8.09. The van der Waals surface area contributed by atoms with Crippen LogP contribution in [0.3, 0.4) is 0 Å². The van der Waals surface area contributed by atoms with E-state index in [1.165, 1.54) is 19.2 Å². The van der Waals surface area contributed by atoms with Crippen LogP contribution >= 0.6 is 0 Å². The molecular formula is C18H18F2N2O4. The van der Waals surface area contributed by atoms with Crippen molar-refractivity contribution in [2.24, 2.45) is 0 Å². The summed E-state index contributed by atoms with van der Waals surface area (Å²) in [5.41, 5.74) is -0.397. The molecule has 0 spiro atoms. The fourth-order valence-electron chi connectivity index (χ4n) is 2.68. The van der Waals surface area contributed by atoms with Crippen molar-refractivity contribution in [3.63, 3.8) is 0 Å². The Hall–Kier alpha value is -2.74. The van der Waals surface area contributed by atoms with Gasteiger partial charge in [-0.2, -0.15) is 4.39 Å². The second-order valence-corrected chi connectivity index (χ2v) is 5.71. The van der Waals surface area contributed by atoms with Gasteiger partial charge in [0.05, 0.1) is 25.3 Å². The van der Waals surface area contributed by atoms with Gasteiger partial charge in [0.1, 0.15) is 6.10 Å². The molecule has 0 radical (unpaired) electrons. The minimum absolute atomic E-state index is 0.251. The van der Waals surface area contributed by atoms with Crippen LogP contribution in [0.4, 0.5) is 8.78 Å². The third-order valence-electron chi connectivity index (χ3n) is 4.04. The Bertz CT molecular complexity index is 773. The number of halogens is 2. The van der Waals surface area contributed by atoms with Crippen LogP contribution in [-0.2, 0) is 4.74 Å². The van der Waals surface area contributed by atoms with Crippen LogP contribution < -0.4 is 14.8 Å². The second-order valence-electron chi connectivity index (χ2n) is 5.71. The number of carbonyl (C=O) groups excluding carboxylic acids is 1. The zero-order valence-corrected chi connectivity index (χ0v) is 14.1. The number of rotatable bonds is 5. The highest BCUT2D eigenvalue weighted by molar-refractivity contribution is 5.94. The molecule has 3 rings (SSSR count). The molecule has 1 saturated heterocycles. The summed E-state index contributed by atoms with van der Waals surface area (Å²) in [5, 5.41) is 2.69. The first-order valence-electron chi connectivity index (χ1n) is 8.08. The maximum atomic E-state index is 14.1. The zero-order valence-electron chi connectivity index (χ0n) is 14.1. The summed E-state index contributed by atoms with van der Waals surface area (Å²) < 4.78 is 43.8. The molecule has 8 heteroatoms. The predicted molar refractivity (Wildman–Crippen MR) is 88.3 cm³/mol. The van der Waals surface area contributed by atoms with Gasteiger partial charge >= 0.3 is 0 Å². The normalized spacial score (nSPS) is 19.7. The molecule has 1 N–H and O–H groups in total. The summed E-state index contributed by atoms with van der Waals surface area (Å²) in [4.78, 5) is 16.5. The van der Waals surface area contributed by atoms with Crippen molar-refractivity contribution in [3.05, 3.63) is 53.7 Å². The van der Waals surface area contributed by atoms with Crippen LogP contribution in [0.2, 0.25) is 0 Å². The third-order valence-corrected chi connectivity index (χ3v) is 4.04. The monoisotopic (exact) mass is 364 g/mol. The molecule has 138 valence electrons. The van der Waals surface area contributed by atoms with E-state index in [2.05, 4.69) is 10.3 Å². The van der Waals surface area contributed by atoms with Crippen molar-refractivity contribution in [2.75, 3.05) is 20.3 Å². The summed E-state index contributed by atoms with van der Waals surface area (Å²) in [6, 6.07) is 7.17. The zero-order chi connectivity index (χ0) is 18.5. The molecule has 2 aromatic rings. The van der Waals surface area contributed by atoms with Gasteiger partial charge in [0.25, 0.3) is 5.91 Å². The van der Waals surface area contributed by atoms with Crippen LogP contribution in [0.25, 0.3) is 0 Å². The summed E-state index contributed by atoms with van der Waals surface area (Å²) in [6.07, 6.45) is 1.57. The van der Waals surface area contributed by atoms with E-state index in [0.717, 1.165) is 0 Å². The number of aromatic nitrogens is 1. The van der Waals surface area contributed by atoms with E-state index in [-0.39, 0.29) is 12.4 Å². The van der Waals surface area contributed by atoms with E-state index >= 15 is 0 Å². The van der Waals surface area contributed by atoms with Crippen molar-refractivity contribution in [3.8, 4) is 11.6 Å². The number of ether oxygens (including phenoxy) is 3. The first kappa shape index (κ1) is 18.1. The van der Waals surface area contributed by atoms with Crippen molar-refractivity contribution in [2.45, 2.75) is 18.6 Å². The van der Waals surface area contributed by atoms with E-state index in [0.29, 0.717) is 18.9 Å². The number of nitrogens with zero attached hydrogens (tertiary/aromatic N) is 1. The predicted octanol–water partition coefficient (Wildman–Crippen LogP) is 2.33. The maximum absolute atomic E-state index is 14.1. The summed E-state index contributed by atoms with van der Waals surface area (Å²) in [5.74, 6) is -3.06. The number of amides is 1. The molecule has 2 atom stereocenters. The van der Waals surface area contributed by atoms with Crippen LogP contribution in [0.1, 0.15) is 16.8 Å². The van der Waals surface area contributed by atoms with Gasteiger partial charge in [0.15, 0.2) is 11.6 Å². The number of carbonyl (C=O) groups is 1. The molecular weight excluding hydrogens is 346 g/mol. The first-order chi connectivity index (χ1) is 12.6. The topological polar surface area (TPSA) is 69.7 Å². The van der Waals surface area contributed by atoms with Crippen molar-refractivity contribution >= 4 is 5.91 Å². The largest absolute Gasteiger partial charge is 0.494 e. The Morgan fingerprint density at radius 1 is 1.27 bits per heavy atom. The molecule has 0 unspecified atom stereocenters. The van der Waals surface area contributed by atoms with Crippen LogP contribution in [-0.4, -0.2) is 43.4 Å². The van der Waals surface area contributed by atoms with Gasteiger partial charge in [0.2, 0.25) is 11.7 Å². The van der Waals surface area contributed by atoms with Gasteiger partial charge in [0, 0.05) is 18.9 Å². The minimum atomic E-state index is -1.25. The highest BCUT2D eigenvalue weighted by atomic mass is 19.2. The third kappa shape index (κ3) is 3.91. The molecule has 1 aromatic heterocycles. The van der Waals surface area contributed by atoms with E-state index in [4.69, 9.17) is 14.2 Å². The molecule has 1 aliphatic rings. The lowest BCUT2D eigenvalue weighted by atomic mass is 10.0. The lowest BCUT2D eigenvalue weighted by Gasteiger charge is -2.32. The fraction of sp³-hybridized carbons (Fsp3) is 0.333. The smallest absolute Gasteiger partial charge is 0.254 e. The average Bonchev–Trinajstić information content (AvgIpc) is 2.66. The molecule has 0 aliphatic carbocycles. The quantitative estimate of drug-likeness (QED) is 0.882. The SMILES string of the molecule is COc1ccc(C(=O)N[C@@H]2CCOC[C@H]2Oc2ccccn2)c(F)c1F. The number of benzene rings is 1. The Kier molecular flexibility index (Phi) is 5.62. The molecule has 1 amide bonds. The van der Waals surface area contributed by atoms with Gasteiger partial charge in [-0.15, -0.1) is 0 Å². The molecule has 6 nitrogen and oxygen atoms in total. The summed E-state index contributed by atoms with van der Waals surface area (Å²) in [7, 11) is 1.22. The van der Waals surface area contributed by atoms with Crippen LogP contribution in [0, 0.1) is 11.6 Å². The Morgan fingerprint density at radius 2 is 2.12 bits per heavy atom. The van der Waals surface area contributed by atoms with E-state index in [1.807, 2.05) is 0 Å². The first-order valence-corrected chi connectivity index (χ1v) is 8.08. The van der Waals surface area contributed by atoms with E-state index in [9.17, 15) is 13.6 Å². The highest BCUT2D eigenvalue weighted by Crippen LogP contribution is 2.23. The van der Waals surface area contributed by atoms with Gasteiger partial charge in [-0.05, 0) is 24.6 Å². The van der Waals surface area contributed by atoms with Crippen molar-refractivity contribution in [1.82, 2.24) is 10.3 Å².